The standard InChI is InChI=1S/C28H33F2N3O5/c1-4-13-31-26(36)22-15-28(29,30)17-33(22)27(37)24(35)21(14-20-11-6-5-7-12-20)32-23(34)16-38-25-18(2)9-8-10-19(25)3/h4-12,21-22,24,35H,1,13-17H2,2-3H3,(H,31,36)(H,32,34). The van der Waals surface area contributed by atoms with Crippen molar-refractivity contribution in [2.45, 2.75) is 50.8 Å². The second-order valence-corrected chi connectivity index (χ2v) is 9.39. The average Bonchev–Trinajstić information content (AvgIpc) is 3.21. The minimum absolute atomic E-state index is 0.0402. The number of ether oxygens (including phenoxy) is 1. The van der Waals surface area contributed by atoms with Crippen LogP contribution in [0.2, 0.25) is 0 Å². The molecule has 1 aliphatic heterocycles. The number of aliphatic hydroxyl groups is 1. The van der Waals surface area contributed by atoms with Gasteiger partial charge in [-0.2, -0.15) is 0 Å². The van der Waals surface area contributed by atoms with Crippen molar-refractivity contribution >= 4 is 17.7 Å². The zero-order valence-electron chi connectivity index (χ0n) is 21.5. The summed E-state index contributed by atoms with van der Waals surface area (Å²) >= 11 is 0. The van der Waals surface area contributed by atoms with Gasteiger partial charge in [0.1, 0.15) is 11.8 Å². The Balaban J connectivity index is 1.78. The quantitative estimate of drug-likeness (QED) is 0.388. The van der Waals surface area contributed by atoms with Gasteiger partial charge in [-0.1, -0.05) is 54.6 Å². The molecule has 8 nitrogen and oxygen atoms in total. The number of para-hydroxylation sites is 1. The molecule has 0 radical (unpaired) electrons. The summed E-state index contributed by atoms with van der Waals surface area (Å²) in [5.74, 6) is -5.20. The highest BCUT2D eigenvalue weighted by Gasteiger charge is 2.51. The van der Waals surface area contributed by atoms with Crippen LogP contribution in [-0.2, 0) is 20.8 Å². The summed E-state index contributed by atoms with van der Waals surface area (Å²) < 4.78 is 34.2. The van der Waals surface area contributed by atoms with E-state index in [1.807, 2.05) is 32.0 Å². The predicted octanol–water partition coefficient (Wildman–Crippen LogP) is 2.31. The Labute approximate surface area is 220 Å². The second kappa shape index (κ2) is 12.6. The first-order valence-corrected chi connectivity index (χ1v) is 12.3. The molecule has 3 atom stereocenters. The predicted molar refractivity (Wildman–Crippen MR) is 138 cm³/mol. The second-order valence-electron chi connectivity index (χ2n) is 9.39. The van der Waals surface area contributed by atoms with E-state index in [0.29, 0.717) is 16.2 Å². The molecule has 3 unspecified atom stereocenters. The Bertz CT molecular complexity index is 1140. The van der Waals surface area contributed by atoms with E-state index in [0.717, 1.165) is 11.1 Å². The van der Waals surface area contributed by atoms with Crippen molar-refractivity contribution in [2.75, 3.05) is 19.7 Å². The van der Waals surface area contributed by atoms with Crippen molar-refractivity contribution in [2.24, 2.45) is 0 Å². The van der Waals surface area contributed by atoms with Crippen LogP contribution in [0.5, 0.6) is 5.75 Å². The zero-order valence-corrected chi connectivity index (χ0v) is 21.5. The van der Waals surface area contributed by atoms with Crippen LogP contribution in [0.4, 0.5) is 8.78 Å². The number of carbonyl (C=O) groups is 3. The topological polar surface area (TPSA) is 108 Å². The Hall–Kier alpha value is -3.79. The lowest BCUT2D eigenvalue weighted by Crippen LogP contribution is -2.56. The number of aryl methyl sites for hydroxylation is 2. The van der Waals surface area contributed by atoms with Gasteiger partial charge in [0.05, 0.1) is 12.6 Å². The summed E-state index contributed by atoms with van der Waals surface area (Å²) in [4.78, 5) is 39.2. The summed E-state index contributed by atoms with van der Waals surface area (Å²) in [6.07, 6.45) is -1.32. The first kappa shape index (κ1) is 28.8. The molecule has 2 aromatic rings. The number of alkyl halides is 2. The van der Waals surface area contributed by atoms with Crippen molar-refractivity contribution in [1.29, 1.82) is 0 Å². The van der Waals surface area contributed by atoms with Crippen LogP contribution in [-0.4, -0.2) is 71.5 Å². The molecule has 3 amide bonds. The zero-order chi connectivity index (χ0) is 27.9. The van der Waals surface area contributed by atoms with Crippen LogP contribution < -0.4 is 15.4 Å². The number of likely N-dealkylation sites (tertiary alicyclic amines) is 1. The molecule has 0 aromatic heterocycles. The summed E-state index contributed by atoms with van der Waals surface area (Å²) in [7, 11) is 0. The molecule has 1 heterocycles. The van der Waals surface area contributed by atoms with E-state index in [9.17, 15) is 28.3 Å². The van der Waals surface area contributed by atoms with Crippen LogP contribution in [0.15, 0.2) is 61.2 Å². The summed E-state index contributed by atoms with van der Waals surface area (Å²) in [6.45, 7) is 5.79. The average molecular weight is 530 g/mol. The van der Waals surface area contributed by atoms with Gasteiger partial charge in [0, 0.05) is 13.0 Å². The Kier molecular flexibility index (Phi) is 9.57. The van der Waals surface area contributed by atoms with Crippen molar-refractivity contribution in [1.82, 2.24) is 15.5 Å². The monoisotopic (exact) mass is 529 g/mol. The normalized spacial score (nSPS) is 17.8. The molecular formula is C28H33F2N3O5. The summed E-state index contributed by atoms with van der Waals surface area (Å²) in [5, 5.41) is 16.1. The van der Waals surface area contributed by atoms with Gasteiger partial charge in [0.2, 0.25) is 5.91 Å². The molecule has 10 heteroatoms. The first-order chi connectivity index (χ1) is 18.0. The van der Waals surface area contributed by atoms with Gasteiger partial charge < -0.3 is 25.4 Å². The van der Waals surface area contributed by atoms with Crippen LogP contribution in [0.25, 0.3) is 0 Å². The van der Waals surface area contributed by atoms with Crippen molar-refractivity contribution < 1.29 is 33.0 Å². The van der Waals surface area contributed by atoms with E-state index in [1.54, 1.807) is 30.3 Å². The van der Waals surface area contributed by atoms with E-state index in [-0.39, 0.29) is 19.6 Å². The minimum Gasteiger partial charge on any atom is -0.483 e. The molecule has 0 aliphatic carbocycles. The molecular weight excluding hydrogens is 496 g/mol. The number of nitrogens with zero attached hydrogens (tertiary/aromatic N) is 1. The first-order valence-electron chi connectivity index (χ1n) is 12.3. The highest BCUT2D eigenvalue weighted by Crippen LogP contribution is 2.33. The third kappa shape index (κ3) is 7.38. The number of hydrogen-bond donors (Lipinski definition) is 3. The number of hydrogen-bond acceptors (Lipinski definition) is 5. The number of rotatable bonds is 11. The molecule has 204 valence electrons. The molecule has 3 rings (SSSR count). The number of amides is 3. The number of halogens is 2. The number of carbonyl (C=O) groups excluding carboxylic acids is 3. The molecule has 0 spiro atoms. The molecule has 1 fully saturated rings. The fraction of sp³-hybridized carbons (Fsp3) is 0.393. The van der Waals surface area contributed by atoms with Gasteiger partial charge >= 0.3 is 0 Å². The van der Waals surface area contributed by atoms with Crippen LogP contribution >= 0.6 is 0 Å². The van der Waals surface area contributed by atoms with E-state index < -0.39 is 54.8 Å². The molecule has 0 saturated carbocycles. The largest absolute Gasteiger partial charge is 0.483 e. The van der Waals surface area contributed by atoms with E-state index in [1.165, 1.54) is 6.08 Å². The van der Waals surface area contributed by atoms with E-state index >= 15 is 0 Å². The van der Waals surface area contributed by atoms with E-state index in [4.69, 9.17) is 4.74 Å². The van der Waals surface area contributed by atoms with Crippen LogP contribution in [0, 0.1) is 13.8 Å². The fourth-order valence-corrected chi connectivity index (χ4v) is 4.44. The van der Waals surface area contributed by atoms with Crippen LogP contribution in [0.1, 0.15) is 23.1 Å². The van der Waals surface area contributed by atoms with Gasteiger partial charge in [-0.15, -0.1) is 6.58 Å². The van der Waals surface area contributed by atoms with E-state index in [2.05, 4.69) is 17.2 Å². The molecule has 38 heavy (non-hydrogen) atoms. The van der Waals surface area contributed by atoms with Gasteiger partial charge in [-0.05, 0) is 37.0 Å². The van der Waals surface area contributed by atoms with Gasteiger partial charge in [-0.3, -0.25) is 14.4 Å². The summed E-state index contributed by atoms with van der Waals surface area (Å²) in [6, 6.07) is 11.7. The van der Waals surface area contributed by atoms with Gasteiger partial charge in [-0.25, -0.2) is 8.78 Å². The Morgan fingerprint density at radius 3 is 2.45 bits per heavy atom. The smallest absolute Gasteiger partial charge is 0.267 e. The minimum atomic E-state index is -3.30. The van der Waals surface area contributed by atoms with Crippen molar-refractivity contribution in [3.63, 3.8) is 0 Å². The number of benzene rings is 2. The van der Waals surface area contributed by atoms with Crippen molar-refractivity contribution in [3.8, 4) is 5.75 Å². The molecule has 3 N–H and O–H groups in total. The maximum atomic E-state index is 14.3. The number of aliphatic hydroxyl groups excluding tert-OH is 1. The van der Waals surface area contributed by atoms with Gasteiger partial charge in [0.25, 0.3) is 17.7 Å². The molecule has 1 saturated heterocycles. The maximum absolute atomic E-state index is 14.3. The summed E-state index contributed by atoms with van der Waals surface area (Å²) in [5.41, 5.74) is 2.38. The number of nitrogens with one attached hydrogen (secondary N) is 2. The highest BCUT2D eigenvalue weighted by molar-refractivity contribution is 5.91. The van der Waals surface area contributed by atoms with Crippen molar-refractivity contribution in [3.05, 3.63) is 77.9 Å². The third-order valence-electron chi connectivity index (χ3n) is 6.31. The molecule has 1 aliphatic rings. The van der Waals surface area contributed by atoms with Crippen LogP contribution in [0.3, 0.4) is 0 Å². The maximum Gasteiger partial charge on any atom is 0.267 e. The Morgan fingerprint density at radius 2 is 1.82 bits per heavy atom. The Morgan fingerprint density at radius 1 is 1.16 bits per heavy atom. The third-order valence-corrected chi connectivity index (χ3v) is 6.31. The highest BCUT2D eigenvalue weighted by atomic mass is 19.3. The lowest BCUT2D eigenvalue weighted by atomic mass is 9.99. The lowest BCUT2D eigenvalue weighted by molar-refractivity contribution is -0.147. The van der Waals surface area contributed by atoms with Gasteiger partial charge in [0.15, 0.2) is 12.7 Å². The molecule has 2 aromatic carbocycles. The molecule has 0 bridgehead atoms. The fourth-order valence-electron chi connectivity index (χ4n) is 4.44. The SMILES string of the molecule is C=CCNC(=O)C1CC(F)(F)CN1C(=O)C(O)C(Cc1ccccc1)NC(=O)COc1c(C)cccc1C. The lowest BCUT2D eigenvalue weighted by Gasteiger charge is -2.30.